The number of benzene rings is 1. The Labute approximate surface area is 149 Å². The van der Waals surface area contributed by atoms with Crippen LogP contribution in [-0.4, -0.2) is 42.0 Å². The molecule has 8 nitrogen and oxygen atoms in total. The molecule has 3 heterocycles. The number of amides is 1. The number of para-hydroxylation sites is 1. The standard InChI is InChI=1S/C18H17N7O/c26-17(20-9-8-14-12-19-13-21-14)16-18(24-10-4-5-11-24)25(23-22-16)15-6-2-1-3-7-15/h1-7,10-13H,8-9H2,(H,19,21)(H,20,26). The van der Waals surface area contributed by atoms with Gasteiger partial charge in [0.1, 0.15) is 0 Å². The lowest BCUT2D eigenvalue weighted by atomic mass is 10.3. The average molecular weight is 347 g/mol. The Morgan fingerprint density at radius 1 is 1.12 bits per heavy atom. The molecule has 1 aromatic carbocycles. The molecule has 0 saturated carbocycles. The van der Waals surface area contributed by atoms with Gasteiger partial charge in [-0.15, -0.1) is 5.10 Å². The smallest absolute Gasteiger partial charge is 0.275 e. The monoisotopic (exact) mass is 347 g/mol. The van der Waals surface area contributed by atoms with Gasteiger partial charge in [0.05, 0.1) is 12.0 Å². The third kappa shape index (κ3) is 3.12. The fourth-order valence-electron chi connectivity index (χ4n) is 2.69. The van der Waals surface area contributed by atoms with Gasteiger partial charge in [-0.2, -0.15) is 4.68 Å². The summed E-state index contributed by atoms with van der Waals surface area (Å²) >= 11 is 0. The largest absolute Gasteiger partial charge is 0.350 e. The summed E-state index contributed by atoms with van der Waals surface area (Å²) in [5, 5.41) is 11.2. The Morgan fingerprint density at radius 3 is 2.65 bits per heavy atom. The zero-order valence-corrected chi connectivity index (χ0v) is 13.9. The summed E-state index contributed by atoms with van der Waals surface area (Å²) in [6.07, 6.45) is 7.74. The van der Waals surface area contributed by atoms with Gasteiger partial charge in [-0.25, -0.2) is 4.98 Å². The van der Waals surface area contributed by atoms with Gasteiger partial charge < -0.3 is 14.9 Å². The van der Waals surface area contributed by atoms with E-state index in [2.05, 4.69) is 25.6 Å². The molecule has 0 spiro atoms. The first-order chi connectivity index (χ1) is 12.8. The first-order valence-electron chi connectivity index (χ1n) is 8.23. The van der Waals surface area contributed by atoms with Crippen molar-refractivity contribution in [1.29, 1.82) is 0 Å². The molecule has 0 radical (unpaired) electrons. The number of nitrogens with one attached hydrogen (secondary N) is 2. The molecule has 4 rings (SSSR count). The molecular formula is C18H17N7O. The summed E-state index contributed by atoms with van der Waals surface area (Å²) in [7, 11) is 0. The van der Waals surface area contributed by atoms with E-state index in [1.807, 2.05) is 59.4 Å². The van der Waals surface area contributed by atoms with E-state index in [9.17, 15) is 4.79 Å². The van der Waals surface area contributed by atoms with Crippen LogP contribution in [0.5, 0.6) is 0 Å². The second kappa shape index (κ2) is 7.06. The van der Waals surface area contributed by atoms with Crippen LogP contribution in [0.2, 0.25) is 0 Å². The number of imidazole rings is 1. The highest BCUT2D eigenvalue weighted by Crippen LogP contribution is 2.17. The third-order valence-electron chi connectivity index (χ3n) is 3.95. The zero-order chi connectivity index (χ0) is 17.8. The Kier molecular flexibility index (Phi) is 4.29. The van der Waals surface area contributed by atoms with Crippen LogP contribution >= 0.6 is 0 Å². The van der Waals surface area contributed by atoms with E-state index in [0.717, 1.165) is 11.4 Å². The van der Waals surface area contributed by atoms with Crippen LogP contribution in [0.4, 0.5) is 0 Å². The number of hydrogen-bond donors (Lipinski definition) is 2. The second-order valence-electron chi connectivity index (χ2n) is 5.68. The van der Waals surface area contributed by atoms with Crippen molar-refractivity contribution in [2.24, 2.45) is 0 Å². The minimum absolute atomic E-state index is 0.268. The predicted octanol–water partition coefficient (Wildman–Crippen LogP) is 1.75. The zero-order valence-electron chi connectivity index (χ0n) is 13.9. The Balaban J connectivity index is 1.61. The Bertz CT molecular complexity index is 972. The number of rotatable bonds is 6. The Hall–Kier alpha value is -3.68. The van der Waals surface area contributed by atoms with E-state index in [-0.39, 0.29) is 11.6 Å². The van der Waals surface area contributed by atoms with Crippen LogP contribution in [0.3, 0.4) is 0 Å². The molecule has 4 aromatic rings. The van der Waals surface area contributed by atoms with Crippen molar-refractivity contribution >= 4 is 5.91 Å². The highest BCUT2D eigenvalue weighted by Gasteiger charge is 2.21. The maximum atomic E-state index is 12.7. The van der Waals surface area contributed by atoms with Crippen molar-refractivity contribution in [3.63, 3.8) is 0 Å². The molecule has 0 bridgehead atoms. The first-order valence-corrected chi connectivity index (χ1v) is 8.23. The minimum Gasteiger partial charge on any atom is -0.350 e. The lowest BCUT2D eigenvalue weighted by Gasteiger charge is -2.09. The second-order valence-corrected chi connectivity index (χ2v) is 5.68. The lowest BCUT2D eigenvalue weighted by molar-refractivity contribution is 0.0949. The molecule has 130 valence electrons. The van der Waals surface area contributed by atoms with Gasteiger partial charge in [0.25, 0.3) is 5.91 Å². The number of aromatic nitrogens is 6. The molecular weight excluding hydrogens is 330 g/mol. The minimum atomic E-state index is -0.268. The third-order valence-corrected chi connectivity index (χ3v) is 3.95. The molecule has 2 N–H and O–H groups in total. The highest BCUT2D eigenvalue weighted by molar-refractivity contribution is 5.95. The van der Waals surface area contributed by atoms with Gasteiger partial charge in [-0.05, 0) is 24.3 Å². The fourth-order valence-corrected chi connectivity index (χ4v) is 2.69. The number of carbonyl (C=O) groups excluding carboxylic acids is 1. The molecule has 3 aromatic heterocycles. The van der Waals surface area contributed by atoms with E-state index >= 15 is 0 Å². The van der Waals surface area contributed by atoms with Crippen LogP contribution in [0.25, 0.3) is 11.5 Å². The number of nitrogens with zero attached hydrogens (tertiary/aromatic N) is 5. The molecule has 1 amide bonds. The molecule has 0 unspecified atom stereocenters. The van der Waals surface area contributed by atoms with E-state index in [0.29, 0.717) is 18.8 Å². The van der Waals surface area contributed by atoms with Gasteiger partial charge in [-0.1, -0.05) is 23.4 Å². The van der Waals surface area contributed by atoms with E-state index < -0.39 is 0 Å². The number of aromatic amines is 1. The normalized spacial score (nSPS) is 10.8. The van der Waals surface area contributed by atoms with Crippen molar-refractivity contribution in [2.45, 2.75) is 6.42 Å². The van der Waals surface area contributed by atoms with Gasteiger partial charge in [0, 0.05) is 37.3 Å². The van der Waals surface area contributed by atoms with Crippen LogP contribution in [0.1, 0.15) is 16.2 Å². The summed E-state index contributed by atoms with van der Waals surface area (Å²) in [4.78, 5) is 19.6. The number of carbonyl (C=O) groups is 1. The molecule has 0 aliphatic heterocycles. The summed E-state index contributed by atoms with van der Waals surface area (Å²) in [5.41, 5.74) is 2.07. The molecule has 26 heavy (non-hydrogen) atoms. The van der Waals surface area contributed by atoms with E-state index in [4.69, 9.17) is 0 Å². The molecule has 0 saturated heterocycles. The summed E-state index contributed by atoms with van der Waals surface area (Å²) in [6, 6.07) is 13.4. The maximum Gasteiger partial charge on any atom is 0.275 e. The Morgan fingerprint density at radius 2 is 1.92 bits per heavy atom. The van der Waals surface area contributed by atoms with Crippen LogP contribution < -0.4 is 5.32 Å². The van der Waals surface area contributed by atoms with Crippen molar-refractivity contribution in [1.82, 2.24) is 34.8 Å². The number of H-pyrrole nitrogens is 1. The first kappa shape index (κ1) is 15.8. The van der Waals surface area contributed by atoms with Gasteiger partial charge in [0.15, 0.2) is 11.5 Å². The summed E-state index contributed by atoms with van der Waals surface area (Å²) in [5.74, 6) is 0.329. The quantitative estimate of drug-likeness (QED) is 0.556. The van der Waals surface area contributed by atoms with Crippen LogP contribution in [0, 0.1) is 0 Å². The fraction of sp³-hybridized carbons (Fsp3) is 0.111. The van der Waals surface area contributed by atoms with Crippen molar-refractivity contribution in [3.8, 4) is 11.5 Å². The van der Waals surface area contributed by atoms with E-state index in [1.165, 1.54) is 0 Å². The van der Waals surface area contributed by atoms with Crippen molar-refractivity contribution in [3.05, 3.63) is 78.8 Å². The molecule has 8 heteroatoms. The molecule has 0 atom stereocenters. The SMILES string of the molecule is O=C(NCCc1cnc[nH]1)c1nnn(-c2ccccc2)c1-n1cccc1. The van der Waals surface area contributed by atoms with Gasteiger partial charge in [-0.3, -0.25) is 4.79 Å². The lowest BCUT2D eigenvalue weighted by Crippen LogP contribution is -2.27. The summed E-state index contributed by atoms with van der Waals surface area (Å²) in [6.45, 7) is 0.477. The summed E-state index contributed by atoms with van der Waals surface area (Å²) < 4.78 is 3.49. The maximum absolute atomic E-state index is 12.7. The molecule has 0 fully saturated rings. The van der Waals surface area contributed by atoms with Crippen LogP contribution in [0.15, 0.2) is 67.4 Å². The van der Waals surface area contributed by atoms with Crippen molar-refractivity contribution < 1.29 is 4.79 Å². The predicted molar refractivity (Wildman–Crippen MR) is 95.3 cm³/mol. The molecule has 0 aliphatic rings. The van der Waals surface area contributed by atoms with Crippen molar-refractivity contribution in [2.75, 3.05) is 6.54 Å². The average Bonchev–Trinajstić information content (AvgIpc) is 3.42. The van der Waals surface area contributed by atoms with E-state index in [1.54, 1.807) is 17.2 Å². The topological polar surface area (TPSA) is 93.4 Å². The van der Waals surface area contributed by atoms with Crippen LogP contribution in [-0.2, 0) is 6.42 Å². The highest BCUT2D eigenvalue weighted by atomic mass is 16.2. The molecule has 0 aliphatic carbocycles. The number of hydrogen-bond acceptors (Lipinski definition) is 4. The van der Waals surface area contributed by atoms with Gasteiger partial charge in [0.2, 0.25) is 0 Å². The van der Waals surface area contributed by atoms with Gasteiger partial charge >= 0.3 is 0 Å².